The van der Waals surface area contributed by atoms with E-state index in [9.17, 15) is 0 Å². The van der Waals surface area contributed by atoms with Gasteiger partial charge in [-0.1, -0.05) is 184 Å². The van der Waals surface area contributed by atoms with Crippen LogP contribution in [0.5, 0.6) is 0 Å². The molecular weight excluding hydrogens is 739 g/mol. The third kappa shape index (κ3) is 5.56. The summed E-state index contributed by atoms with van der Waals surface area (Å²) in [6.45, 7) is 4.75. The van der Waals surface area contributed by atoms with Crippen molar-refractivity contribution in [3.8, 4) is 44.5 Å². The molecule has 0 bridgehead atoms. The molecule has 1 heterocycles. The molecule has 0 unspecified atom stereocenters. The standard InChI is InChI=1S/C59H41NO/c1-59(2)53-22-9-7-19-49(53)50-21-12-24-55(57(50)59)60(44-33-29-39(30-34-44)38-25-27-42(28-26-38)46-20-11-15-40-13-3-5-16-45(40)46)54-23-10-8-17-47(54)43-32-36-56-52(37-43)51-35-31-41-14-4-6-18-48(41)58(51)61-56/h3-37H,1-2H3. The van der Waals surface area contributed by atoms with Crippen molar-refractivity contribution in [1.29, 1.82) is 0 Å². The fraction of sp³-hybridized carbons (Fsp3) is 0.0508. The average molecular weight is 780 g/mol. The van der Waals surface area contributed by atoms with Gasteiger partial charge in [-0.25, -0.2) is 0 Å². The van der Waals surface area contributed by atoms with Crippen LogP contribution in [-0.4, -0.2) is 0 Å². The van der Waals surface area contributed by atoms with Gasteiger partial charge < -0.3 is 9.32 Å². The molecule has 0 fully saturated rings. The van der Waals surface area contributed by atoms with Crippen LogP contribution in [0.25, 0.3) is 88.0 Å². The molecule has 288 valence electrons. The van der Waals surface area contributed by atoms with Crippen LogP contribution in [-0.2, 0) is 5.41 Å². The summed E-state index contributed by atoms with van der Waals surface area (Å²) in [6.07, 6.45) is 0. The summed E-state index contributed by atoms with van der Waals surface area (Å²) in [5.74, 6) is 0. The lowest BCUT2D eigenvalue weighted by Crippen LogP contribution is -2.21. The highest BCUT2D eigenvalue weighted by Crippen LogP contribution is 2.55. The molecule has 2 nitrogen and oxygen atoms in total. The number of para-hydroxylation sites is 1. The first kappa shape index (κ1) is 35.3. The Morgan fingerprint density at radius 3 is 1.77 bits per heavy atom. The van der Waals surface area contributed by atoms with Gasteiger partial charge in [0.2, 0.25) is 0 Å². The predicted octanol–water partition coefficient (Wildman–Crippen LogP) is 16.7. The molecule has 0 aliphatic heterocycles. The van der Waals surface area contributed by atoms with Gasteiger partial charge in [-0.05, 0) is 109 Å². The molecule has 10 aromatic carbocycles. The highest BCUT2D eigenvalue weighted by Gasteiger charge is 2.39. The van der Waals surface area contributed by atoms with Crippen molar-refractivity contribution in [3.63, 3.8) is 0 Å². The third-order valence-electron chi connectivity index (χ3n) is 13.1. The smallest absolute Gasteiger partial charge is 0.143 e. The zero-order valence-electron chi connectivity index (χ0n) is 34.1. The van der Waals surface area contributed by atoms with Crippen molar-refractivity contribution in [2.24, 2.45) is 0 Å². The first-order valence-corrected chi connectivity index (χ1v) is 21.2. The van der Waals surface area contributed by atoms with E-state index >= 15 is 0 Å². The molecule has 1 aliphatic carbocycles. The topological polar surface area (TPSA) is 16.4 Å². The highest BCUT2D eigenvalue weighted by atomic mass is 16.3. The maximum absolute atomic E-state index is 6.56. The lowest BCUT2D eigenvalue weighted by Gasteiger charge is -2.33. The molecule has 0 saturated heterocycles. The van der Waals surface area contributed by atoms with Crippen molar-refractivity contribution in [2.75, 3.05) is 4.90 Å². The number of fused-ring (bicyclic) bond motifs is 9. The molecule has 0 N–H and O–H groups in total. The van der Waals surface area contributed by atoms with Crippen LogP contribution in [0.15, 0.2) is 217 Å². The molecule has 0 spiro atoms. The summed E-state index contributed by atoms with van der Waals surface area (Å²) in [5.41, 5.74) is 17.4. The fourth-order valence-electron chi connectivity index (χ4n) is 10.1. The molecule has 0 amide bonds. The van der Waals surface area contributed by atoms with E-state index in [4.69, 9.17) is 4.42 Å². The first-order chi connectivity index (χ1) is 30.0. The van der Waals surface area contributed by atoms with Gasteiger partial charge >= 0.3 is 0 Å². The maximum atomic E-state index is 6.56. The highest BCUT2D eigenvalue weighted by molar-refractivity contribution is 6.15. The van der Waals surface area contributed by atoms with Crippen LogP contribution in [0.3, 0.4) is 0 Å². The number of nitrogens with zero attached hydrogens (tertiary/aromatic N) is 1. The van der Waals surface area contributed by atoms with Gasteiger partial charge in [0.1, 0.15) is 11.2 Å². The Morgan fingerprint density at radius 1 is 0.377 bits per heavy atom. The zero-order chi connectivity index (χ0) is 40.7. The average Bonchev–Trinajstić information content (AvgIpc) is 3.81. The molecule has 2 heteroatoms. The molecule has 0 atom stereocenters. The molecule has 1 aliphatic rings. The van der Waals surface area contributed by atoms with E-state index in [1.165, 1.54) is 66.4 Å². The number of anilines is 3. The quantitative estimate of drug-likeness (QED) is 0.167. The number of hydrogen-bond donors (Lipinski definition) is 0. The third-order valence-corrected chi connectivity index (χ3v) is 13.1. The molecule has 12 rings (SSSR count). The lowest BCUT2D eigenvalue weighted by molar-refractivity contribution is 0.661. The van der Waals surface area contributed by atoms with Crippen molar-refractivity contribution >= 4 is 60.5 Å². The van der Waals surface area contributed by atoms with E-state index in [1.807, 2.05) is 0 Å². The van der Waals surface area contributed by atoms with Gasteiger partial charge in [0.05, 0.1) is 11.4 Å². The number of hydrogen-bond acceptors (Lipinski definition) is 2. The summed E-state index contributed by atoms with van der Waals surface area (Å²) >= 11 is 0. The maximum Gasteiger partial charge on any atom is 0.143 e. The van der Waals surface area contributed by atoms with Gasteiger partial charge in [-0.3, -0.25) is 0 Å². The van der Waals surface area contributed by atoms with Gasteiger partial charge in [-0.15, -0.1) is 0 Å². The second-order valence-electron chi connectivity index (χ2n) is 16.9. The molecular formula is C59H41NO. The Hall–Kier alpha value is -7.68. The Bertz CT molecular complexity index is 3490. The molecule has 11 aromatic rings. The van der Waals surface area contributed by atoms with Gasteiger partial charge in [0.25, 0.3) is 0 Å². The van der Waals surface area contributed by atoms with Crippen LogP contribution >= 0.6 is 0 Å². The number of furan rings is 1. The van der Waals surface area contributed by atoms with Crippen LogP contribution in [0, 0.1) is 0 Å². The first-order valence-electron chi connectivity index (χ1n) is 21.2. The molecule has 0 radical (unpaired) electrons. The van der Waals surface area contributed by atoms with Gasteiger partial charge in [0.15, 0.2) is 0 Å². The van der Waals surface area contributed by atoms with E-state index in [0.717, 1.165) is 49.8 Å². The van der Waals surface area contributed by atoms with Crippen LogP contribution in [0.4, 0.5) is 17.1 Å². The van der Waals surface area contributed by atoms with Crippen LogP contribution < -0.4 is 4.90 Å². The number of rotatable bonds is 6. The summed E-state index contributed by atoms with van der Waals surface area (Å²) in [6, 6.07) is 77.4. The van der Waals surface area contributed by atoms with Crippen molar-refractivity contribution in [1.82, 2.24) is 0 Å². The van der Waals surface area contributed by atoms with E-state index in [2.05, 4.69) is 231 Å². The Kier molecular flexibility index (Phi) is 7.92. The largest absolute Gasteiger partial charge is 0.455 e. The molecule has 1 aromatic heterocycles. The lowest BCUT2D eigenvalue weighted by atomic mass is 9.81. The van der Waals surface area contributed by atoms with Gasteiger partial charge in [-0.2, -0.15) is 0 Å². The van der Waals surface area contributed by atoms with Crippen molar-refractivity contribution in [3.05, 3.63) is 223 Å². The molecule has 0 saturated carbocycles. The minimum Gasteiger partial charge on any atom is -0.455 e. The normalized spacial score (nSPS) is 12.9. The predicted molar refractivity (Wildman–Crippen MR) is 257 cm³/mol. The second kappa shape index (κ2) is 13.7. The van der Waals surface area contributed by atoms with Crippen molar-refractivity contribution in [2.45, 2.75) is 19.3 Å². The van der Waals surface area contributed by atoms with E-state index in [-0.39, 0.29) is 5.41 Å². The minimum atomic E-state index is -0.209. The Balaban J connectivity index is 1.00. The number of benzene rings is 10. The monoisotopic (exact) mass is 779 g/mol. The van der Waals surface area contributed by atoms with E-state index < -0.39 is 0 Å². The van der Waals surface area contributed by atoms with E-state index in [1.54, 1.807) is 0 Å². The van der Waals surface area contributed by atoms with E-state index in [0.29, 0.717) is 0 Å². The Morgan fingerprint density at radius 2 is 0.951 bits per heavy atom. The van der Waals surface area contributed by atoms with Crippen LogP contribution in [0.2, 0.25) is 0 Å². The SMILES string of the molecule is CC1(C)c2ccccc2-c2cccc(N(c3ccc(-c4ccc(-c5cccc6ccccc56)cc4)cc3)c3ccccc3-c3ccc4oc5c6ccccc6ccc5c4c3)c21. The summed E-state index contributed by atoms with van der Waals surface area (Å²) in [4.78, 5) is 2.49. The summed E-state index contributed by atoms with van der Waals surface area (Å²) in [5, 5.41) is 7.09. The molecule has 61 heavy (non-hydrogen) atoms. The fourth-order valence-corrected chi connectivity index (χ4v) is 10.1. The van der Waals surface area contributed by atoms with Crippen molar-refractivity contribution < 1.29 is 4.42 Å². The van der Waals surface area contributed by atoms with Crippen LogP contribution in [0.1, 0.15) is 25.0 Å². The minimum absolute atomic E-state index is 0.209. The van der Waals surface area contributed by atoms with Gasteiger partial charge in [0, 0.05) is 32.8 Å². The zero-order valence-corrected chi connectivity index (χ0v) is 34.1. The summed E-state index contributed by atoms with van der Waals surface area (Å²) < 4.78 is 6.56. The second-order valence-corrected chi connectivity index (χ2v) is 16.9. The summed E-state index contributed by atoms with van der Waals surface area (Å²) in [7, 11) is 0. The Labute approximate surface area is 355 Å².